The van der Waals surface area contributed by atoms with Gasteiger partial charge in [-0.25, -0.2) is 9.78 Å². The number of rotatable bonds is 5. The van der Waals surface area contributed by atoms with E-state index in [1.165, 1.54) is 5.56 Å². The molecule has 2 heterocycles. The van der Waals surface area contributed by atoms with Crippen molar-refractivity contribution in [3.8, 4) is 11.4 Å². The van der Waals surface area contributed by atoms with Gasteiger partial charge in [0.15, 0.2) is 5.82 Å². The standard InChI is InChI=1S/C21H19ClN6S/c1-14-8-10-17(11-9-14)20-24-25-21(29)28(20)23-12-18-15(2)26-27(19(18)22)13-16-6-4-3-5-7-16/h3-12H,13H2,1-2H3,(H,25,29)/b23-12-. The van der Waals surface area contributed by atoms with E-state index in [1.54, 1.807) is 15.6 Å². The summed E-state index contributed by atoms with van der Waals surface area (Å²) in [5, 5.41) is 16.7. The Labute approximate surface area is 178 Å². The molecular weight excluding hydrogens is 404 g/mol. The summed E-state index contributed by atoms with van der Waals surface area (Å²) in [5.41, 5.74) is 4.76. The second-order valence-electron chi connectivity index (χ2n) is 6.71. The number of aryl methyl sites for hydroxylation is 2. The molecule has 8 heteroatoms. The Morgan fingerprint density at radius 2 is 1.83 bits per heavy atom. The van der Waals surface area contributed by atoms with Gasteiger partial charge in [0.25, 0.3) is 0 Å². The number of hydrogen-bond acceptors (Lipinski definition) is 4. The molecular formula is C21H19ClN6S. The van der Waals surface area contributed by atoms with Gasteiger partial charge in [0.1, 0.15) is 5.15 Å². The molecule has 0 saturated heterocycles. The average molecular weight is 423 g/mol. The lowest BCUT2D eigenvalue weighted by molar-refractivity contribution is 0.680. The van der Waals surface area contributed by atoms with Crippen LogP contribution in [0.15, 0.2) is 59.7 Å². The lowest BCUT2D eigenvalue weighted by Gasteiger charge is -2.03. The van der Waals surface area contributed by atoms with E-state index in [0.29, 0.717) is 22.3 Å². The minimum atomic E-state index is 0.405. The molecule has 146 valence electrons. The summed E-state index contributed by atoms with van der Waals surface area (Å²) >= 11 is 11.9. The van der Waals surface area contributed by atoms with Crippen LogP contribution in [0.1, 0.15) is 22.4 Å². The molecule has 0 aliphatic carbocycles. The van der Waals surface area contributed by atoms with E-state index in [0.717, 1.165) is 22.4 Å². The minimum Gasteiger partial charge on any atom is -0.250 e. The molecule has 1 N–H and O–H groups in total. The molecule has 0 spiro atoms. The number of aromatic nitrogens is 5. The van der Waals surface area contributed by atoms with Gasteiger partial charge in [0, 0.05) is 5.56 Å². The molecule has 0 radical (unpaired) electrons. The molecule has 0 atom stereocenters. The normalized spacial score (nSPS) is 11.4. The van der Waals surface area contributed by atoms with Gasteiger partial charge >= 0.3 is 0 Å². The second-order valence-corrected chi connectivity index (χ2v) is 7.45. The van der Waals surface area contributed by atoms with Crippen LogP contribution in [0.4, 0.5) is 0 Å². The second kappa shape index (κ2) is 8.14. The molecule has 0 amide bonds. The first-order chi connectivity index (χ1) is 14.0. The van der Waals surface area contributed by atoms with E-state index in [2.05, 4.69) is 20.4 Å². The van der Waals surface area contributed by atoms with Gasteiger partial charge in [-0.3, -0.25) is 0 Å². The van der Waals surface area contributed by atoms with Crippen LogP contribution in [-0.4, -0.2) is 30.9 Å². The summed E-state index contributed by atoms with van der Waals surface area (Å²) in [6, 6.07) is 18.1. The van der Waals surface area contributed by atoms with Gasteiger partial charge in [0.2, 0.25) is 4.77 Å². The zero-order valence-electron chi connectivity index (χ0n) is 16.0. The Bertz CT molecular complexity index is 1220. The molecule has 0 fully saturated rings. The van der Waals surface area contributed by atoms with E-state index in [-0.39, 0.29) is 0 Å². The number of benzene rings is 2. The van der Waals surface area contributed by atoms with E-state index in [4.69, 9.17) is 23.8 Å². The maximum Gasteiger partial charge on any atom is 0.216 e. The van der Waals surface area contributed by atoms with Crippen molar-refractivity contribution in [2.24, 2.45) is 5.10 Å². The number of H-pyrrole nitrogens is 1. The molecule has 0 saturated carbocycles. The summed E-state index contributed by atoms with van der Waals surface area (Å²) in [6.45, 7) is 4.54. The lowest BCUT2D eigenvalue weighted by atomic mass is 10.1. The van der Waals surface area contributed by atoms with Crippen molar-refractivity contribution in [1.29, 1.82) is 0 Å². The van der Waals surface area contributed by atoms with Crippen molar-refractivity contribution in [3.63, 3.8) is 0 Å². The van der Waals surface area contributed by atoms with Crippen molar-refractivity contribution < 1.29 is 0 Å². The quantitative estimate of drug-likeness (QED) is 0.363. The number of nitrogens with one attached hydrogen (secondary N) is 1. The lowest BCUT2D eigenvalue weighted by Crippen LogP contribution is -2.02. The molecule has 0 aliphatic heterocycles. The first-order valence-corrected chi connectivity index (χ1v) is 9.87. The van der Waals surface area contributed by atoms with E-state index >= 15 is 0 Å². The molecule has 0 bridgehead atoms. The third-order valence-electron chi connectivity index (χ3n) is 4.55. The van der Waals surface area contributed by atoms with Crippen LogP contribution in [0.3, 0.4) is 0 Å². The molecule has 2 aromatic heterocycles. The Hall–Kier alpha value is -3.03. The maximum absolute atomic E-state index is 6.58. The molecule has 4 rings (SSSR count). The average Bonchev–Trinajstić information content (AvgIpc) is 3.21. The number of halogens is 1. The highest BCUT2D eigenvalue weighted by atomic mass is 35.5. The van der Waals surface area contributed by atoms with E-state index in [1.807, 2.05) is 68.4 Å². The van der Waals surface area contributed by atoms with Gasteiger partial charge in [-0.2, -0.15) is 20.0 Å². The van der Waals surface area contributed by atoms with Crippen LogP contribution < -0.4 is 0 Å². The Morgan fingerprint density at radius 1 is 1.10 bits per heavy atom. The Kier molecular flexibility index (Phi) is 5.42. The fourth-order valence-corrected chi connectivity index (χ4v) is 3.44. The predicted molar refractivity (Wildman–Crippen MR) is 118 cm³/mol. The van der Waals surface area contributed by atoms with Crippen LogP contribution in [0.5, 0.6) is 0 Å². The molecule has 0 aliphatic rings. The van der Waals surface area contributed by atoms with E-state index < -0.39 is 0 Å². The Morgan fingerprint density at radius 3 is 2.55 bits per heavy atom. The SMILES string of the molecule is Cc1ccc(-c2n[nH]c(=S)n2/N=C\c2c(C)nn(Cc3ccccc3)c2Cl)cc1. The fraction of sp³-hybridized carbons (Fsp3) is 0.143. The molecule has 29 heavy (non-hydrogen) atoms. The number of aromatic amines is 1. The zero-order valence-corrected chi connectivity index (χ0v) is 17.6. The molecule has 0 unspecified atom stereocenters. The van der Waals surface area contributed by atoms with Crippen molar-refractivity contribution in [3.05, 3.63) is 86.9 Å². The van der Waals surface area contributed by atoms with E-state index in [9.17, 15) is 0 Å². The molecule has 2 aromatic carbocycles. The summed E-state index contributed by atoms with van der Waals surface area (Å²) < 4.78 is 3.76. The molecule has 6 nitrogen and oxygen atoms in total. The van der Waals surface area contributed by atoms with Crippen molar-refractivity contribution in [2.75, 3.05) is 0 Å². The maximum atomic E-state index is 6.58. The summed E-state index contributed by atoms with van der Waals surface area (Å²) in [7, 11) is 0. The first kappa shape index (κ1) is 19.3. The smallest absolute Gasteiger partial charge is 0.216 e. The van der Waals surface area contributed by atoms with Crippen LogP contribution >= 0.6 is 23.8 Å². The van der Waals surface area contributed by atoms with Gasteiger partial charge in [-0.05, 0) is 31.6 Å². The minimum absolute atomic E-state index is 0.405. The zero-order chi connectivity index (χ0) is 20.4. The summed E-state index contributed by atoms with van der Waals surface area (Å²) in [5.74, 6) is 0.636. The van der Waals surface area contributed by atoms with Crippen LogP contribution in [0.2, 0.25) is 5.15 Å². The van der Waals surface area contributed by atoms with Crippen LogP contribution in [0, 0.1) is 18.6 Å². The van der Waals surface area contributed by atoms with Gasteiger partial charge in [-0.15, -0.1) is 0 Å². The number of hydrogen-bond donors (Lipinski definition) is 1. The highest BCUT2D eigenvalue weighted by Gasteiger charge is 2.13. The topological polar surface area (TPSA) is 63.8 Å². The largest absolute Gasteiger partial charge is 0.250 e. The van der Waals surface area contributed by atoms with Gasteiger partial charge < -0.3 is 0 Å². The monoisotopic (exact) mass is 422 g/mol. The van der Waals surface area contributed by atoms with Crippen molar-refractivity contribution >= 4 is 30.0 Å². The fourth-order valence-electron chi connectivity index (χ4n) is 2.98. The highest BCUT2D eigenvalue weighted by Crippen LogP contribution is 2.21. The van der Waals surface area contributed by atoms with Crippen LogP contribution in [0.25, 0.3) is 11.4 Å². The highest BCUT2D eigenvalue weighted by molar-refractivity contribution is 7.71. The Balaban J connectivity index is 1.66. The molecule has 4 aromatic rings. The predicted octanol–water partition coefficient (Wildman–Crippen LogP) is 5.00. The summed E-state index contributed by atoms with van der Waals surface area (Å²) in [4.78, 5) is 0. The number of nitrogens with zero attached hydrogens (tertiary/aromatic N) is 5. The third-order valence-corrected chi connectivity index (χ3v) is 5.21. The summed E-state index contributed by atoms with van der Waals surface area (Å²) in [6.07, 6.45) is 1.68. The van der Waals surface area contributed by atoms with Crippen molar-refractivity contribution in [2.45, 2.75) is 20.4 Å². The van der Waals surface area contributed by atoms with Gasteiger partial charge in [0.05, 0.1) is 24.0 Å². The van der Waals surface area contributed by atoms with Crippen LogP contribution in [-0.2, 0) is 6.54 Å². The van der Waals surface area contributed by atoms with Gasteiger partial charge in [-0.1, -0.05) is 71.8 Å². The third kappa shape index (κ3) is 4.06. The van der Waals surface area contributed by atoms with Crippen molar-refractivity contribution in [1.82, 2.24) is 24.7 Å². The first-order valence-electron chi connectivity index (χ1n) is 9.08.